The Hall–Kier alpha value is -3.85. The first-order valence-corrected chi connectivity index (χ1v) is 11.0. The van der Waals surface area contributed by atoms with Crippen molar-refractivity contribution in [2.24, 2.45) is 0 Å². The van der Waals surface area contributed by atoms with Crippen molar-refractivity contribution in [1.82, 2.24) is 19.9 Å². The van der Waals surface area contributed by atoms with Crippen LogP contribution in [0.15, 0.2) is 51.8 Å². The Morgan fingerprint density at radius 1 is 0.970 bits per heavy atom. The summed E-state index contributed by atoms with van der Waals surface area (Å²) < 4.78 is 5.06. The first-order valence-electron chi connectivity index (χ1n) is 11.0. The van der Waals surface area contributed by atoms with Crippen molar-refractivity contribution >= 4 is 39.9 Å². The summed E-state index contributed by atoms with van der Waals surface area (Å²) in [5, 5.41) is 6.62. The minimum atomic E-state index is -0.471. The van der Waals surface area contributed by atoms with Gasteiger partial charge in [-0.2, -0.15) is 4.98 Å². The van der Waals surface area contributed by atoms with Gasteiger partial charge in [0.1, 0.15) is 5.82 Å². The zero-order valence-electron chi connectivity index (χ0n) is 19.0. The van der Waals surface area contributed by atoms with Crippen molar-refractivity contribution in [2.75, 3.05) is 48.8 Å². The topological polar surface area (TPSA) is 102 Å². The average molecular weight is 446 g/mol. The van der Waals surface area contributed by atoms with E-state index in [2.05, 4.69) is 67.6 Å². The van der Waals surface area contributed by atoms with E-state index in [1.54, 1.807) is 12.3 Å². The largest absolute Gasteiger partial charge is 0.417 e. The Kier molecular flexibility index (Phi) is 5.47. The van der Waals surface area contributed by atoms with E-state index in [1.807, 2.05) is 19.1 Å². The lowest BCUT2D eigenvalue weighted by Gasteiger charge is -2.35. The van der Waals surface area contributed by atoms with Gasteiger partial charge < -0.3 is 24.9 Å². The van der Waals surface area contributed by atoms with E-state index in [-0.39, 0.29) is 0 Å². The number of nitrogens with zero attached hydrogens (tertiary/aromatic N) is 4. The van der Waals surface area contributed by atoms with Crippen LogP contribution in [0.2, 0.25) is 0 Å². The van der Waals surface area contributed by atoms with E-state index in [9.17, 15) is 4.79 Å². The standard InChI is InChI=1S/C24H27N7O2/c1-15-12-17(4-6-20(15)31-10-8-30(3)9-11-31)27-23-25-14-16(2)22(29-23)26-18-5-7-21-19(13-18)28-24(32)33-21/h4-7,12-14H,8-11H2,1-3H3,(H,28,32)(H2,25,26,27,29). The third-order valence-corrected chi connectivity index (χ3v) is 5.95. The summed E-state index contributed by atoms with van der Waals surface area (Å²) in [6, 6.07) is 11.8. The number of aromatic nitrogens is 3. The summed E-state index contributed by atoms with van der Waals surface area (Å²) in [4.78, 5) is 28.0. The Morgan fingerprint density at radius 2 is 1.73 bits per heavy atom. The molecule has 2 aromatic heterocycles. The van der Waals surface area contributed by atoms with Crippen molar-refractivity contribution in [3.8, 4) is 0 Å². The summed E-state index contributed by atoms with van der Waals surface area (Å²) >= 11 is 0. The highest BCUT2D eigenvalue weighted by Gasteiger charge is 2.16. The molecule has 3 N–H and O–H groups in total. The molecule has 33 heavy (non-hydrogen) atoms. The summed E-state index contributed by atoms with van der Waals surface area (Å²) in [7, 11) is 2.17. The second-order valence-electron chi connectivity index (χ2n) is 8.49. The molecule has 0 spiro atoms. The van der Waals surface area contributed by atoms with Gasteiger partial charge in [-0.3, -0.25) is 4.98 Å². The smallest absolute Gasteiger partial charge is 0.408 e. The maximum absolute atomic E-state index is 11.4. The molecule has 3 heterocycles. The van der Waals surface area contributed by atoms with E-state index in [4.69, 9.17) is 4.42 Å². The second-order valence-corrected chi connectivity index (χ2v) is 8.49. The number of nitrogens with one attached hydrogen (secondary N) is 3. The van der Waals surface area contributed by atoms with Gasteiger partial charge in [-0.05, 0) is 62.9 Å². The van der Waals surface area contributed by atoms with Crippen LogP contribution in [0.25, 0.3) is 11.1 Å². The van der Waals surface area contributed by atoms with Gasteiger partial charge in [0.15, 0.2) is 5.58 Å². The van der Waals surface area contributed by atoms with Crippen molar-refractivity contribution < 1.29 is 4.42 Å². The van der Waals surface area contributed by atoms with Crippen molar-refractivity contribution in [1.29, 1.82) is 0 Å². The van der Waals surface area contributed by atoms with Crippen LogP contribution in [-0.4, -0.2) is 53.1 Å². The fourth-order valence-electron chi connectivity index (χ4n) is 4.06. The molecule has 1 aliphatic rings. The number of hydrogen-bond donors (Lipinski definition) is 3. The molecule has 0 unspecified atom stereocenters. The number of likely N-dealkylation sites (N-methyl/N-ethyl adjacent to an activating group) is 1. The molecule has 5 rings (SSSR count). The number of piperazine rings is 1. The number of aromatic amines is 1. The van der Waals surface area contributed by atoms with Crippen LogP contribution in [-0.2, 0) is 0 Å². The molecule has 0 radical (unpaired) electrons. The van der Waals surface area contributed by atoms with Gasteiger partial charge in [0, 0.05) is 55.0 Å². The molecule has 9 heteroatoms. The number of fused-ring (bicyclic) bond motifs is 1. The number of oxazole rings is 1. The summed E-state index contributed by atoms with van der Waals surface area (Å²) in [6.45, 7) is 8.32. The number of anilines is 5. The molecular weight excluding hydrogens is 418 g/mol. The van der Waals surface area contributed by atoms with Crippen LogP contribution in [0.1, 0.15) is 11.1 Å². The highest BCUT2D eigenvalue weighted by Crippen LogP contribution is 2.27. The van der Waals surface area contributed by atoms with Crippen molar-refractivity contribution in [3.63, 3.8) is 0 Å². The van der Waals surface area contributed by atoms with Crippen LogP contribution < -0.4 is 21.3 Å². The van der Waals surface area contributed by atoms with Crippen LogP contribution in [0, 0.1) is 13.8 Å². The van der Waals surface area contributed by atoms with Gasteiger partial charge >= 0.3 is 5.76 Å². The fourth-order valence-corrected chi connectivity index (χ4v) is 4.06. The Balaban J connectivity index is 1.33. The van der Waals surface area contributed by atoms with E-state index in [0.717, 1.165) is 43.1 Å². The first kappa shape index (κ1) is 21.0. The van der Waals surface area contributed by atoms with Crippen LogP contribution in [0.3, 0.4) is 0 Å². The van der Waals surface area contributed by atoms with Gasteiger partial charge in [0.05, 0.1) is 5.52 Å². The molecule has 0 atom stereocenters. The van der Waals surface area contributed by atoms with Gasteiger partial charge in [0.2, 0.25) is 5.95 Å². The maximum Gasteiger partial charge on any atom is 0.417 e. The molecule has 2 aromatic carbocycles. The lowest BCUT2D eigenvalue weighted by Crippen LogP contribution is -2.44. The fraction of sp³-hybridized carbons (Fsp3) is 0.292. The van der Waals surface area contributed by atoms with E-state index < -0.39 is 5.76 Å². The quantitative estimate of drug-likeness (QED) is 0.427. The Labute approximate surface area is 191 Å². The summed E-state index contributed by atoms with van der Waals surface area (Å²) in [6.07, 6.45) is 1.78. The van der Waals surface area contributed by atoms with Gasteiger partial charge in [0.25, 0.3) is 0 Å². The minimum Gasteiger partial charge on any atom is -0.408 e. The number of aryl methyl sites for hydroxylation is 2. The molecule has 0 amide bonds. The SMILES string of the molecule is Cc1cc(Nc2ncc(C)c(Nc3ccc4oc(=O)[nH]c4c3)n2)ccc1N1CCN(C)CC1. The monoisotopic (exact) mass is 445 g/mol. The molecule has 1 aliphatic heterocycles. The minimum absolute atomic E-state index is 0.471. The van der Waals surface area contributed by atoms with Gasteiger partial charge in [-0.1, -0.05) is 0 Å². The van der Waals surface area contributed by atoms with Crippen molar-refractivity contribution in [2.45, 2.75) is 13.8 Å². The zero-order chi connectivity index (χ0) is 22.9. The van der Waals surface area contributed by atoms with E-state index in [0.29, 0.717) is 22.9 Å². The molecular formula is C24H27N7O2. The van der Waals surface area contributed by atoms with Gasteiger partial charge in [-0.15, -0.1) is 0 Å². The third kappa shape index (κ3) is 4.54. The van der Waals surface area contributed by atoms with E-state index in [1.165, 1.54) is 11.3 Å². The molecule has 1 saturated heterocycles. The third-order valence-electron chi connectivity index (χ3n) is 5.95. The Morgan fingerprint density at radius 3 is 2.52 bits per heavy atom. The molecule has 0 aliphatic carbocycles. The maximum atomic E-state index is 11.4. The van der Waals surface area contributed by atoms with Crippen LogP contribution >= 0.6 is 0 Å². The summed E-state index contributed by atoms with van der Waals surface area (Å²) in [5.74, 6) is 0.719. The summed E-state index contributed by atoms with van der Waals surface area (Å²) in [5.41, 5.74) is 6.28. The van der Waals surface area contributed by atoms with E-state index >= 15 is 0 Å². The van der Waals surface area contributed by atoms with Crippen LogP contribution in [0.5, 0.6) is 0 Å². The normalized spacial score (nSPS) is 14.6. The highest BCUT2D eigenvalue weighted by atomic mass is 16.4. The predicted octanol–water partition coefficient (Wildman–Crippen LogP) is 3.77. The first-order chi connectivity index (χ1) is 15.9. The molecule has 0 bridgehead atoms. The number of benzene rings is 2. The molecule has 1 fully saturated rings. The highest BCUT2D eigenvalue weighted by molar-refractivity contribution is 5.78. The van der Waals surface area contributed by atoms with Crippen molar-refractivity contribution in [3.05, 3.63) is 64.3 Å². The average Bonchev–Trinajstić information content (AvgIpc) is 3.16. The lowest BCUT2D eigenvalue weighted by molar-refractivity contribution is 0.312. The molecule has 4 aromatic rings. The van der Waals surface area contributed by atoms with Gasteiger partial charge in [-0.25, -0.2) is 9.78 Å². The number of hydrogen-bond acceptors (Lipinski definition) is 8. The second kappa shape index (κ2) is 8.59. The molecule has 170 valence electrons. The predicted molar refractivity (Wildman–Crippen MR) is 131 cm³/mol. The number of H-pyrrole nitrogens is 1. The van der Waals surface area contributed by atoms with Crippen LogP contribution in [0.4, 0.5) is 28.8 Å². The Bertz CT molecular complexity index is 1350. The lowest BCUT2D eigenvalue weighted by atomic mass is 10.1. The zero-order valence-corrected chi connectivity index (χ0v) is 19.0. The molecule has 9 nitrogen and oxygen atoms in total. The number of rotatable bonds is 5. The molecule has 0 saturated carbocycles.